The van der Waals surface area contributed by atoms with Crippen LogP contribution in [0.15, 0.2) is 24.3 Å². The number of hydrogen-bond acceptors (Lipinski definition) is 3. The molecular weight excluding hydrogens is 238 g/mol. The second-order valence-corrected chi connectivity index (χ2v) is 5.53. The summed E-state index contributed by atoms with van der Waals surface area (Å²) in [6.07, 6.45) is 5.26. The summed E-state index contributed by atoms with van der Waals surface area (Å²) in [5, 5.41) is 12.5. The first-order chi connectivity index (χ1) is 9.29. The van der Waals surface area contributed by atoms with Crippen LogP contribution in [-0.2, 0) is 6.54 Å². The minimum atomic E-state index is 0.0574. The van der Waals surface area contributed by atoms with Crippen LogP contribution in [0, 0.1) is 5.92 Å². The van der Waals surface area contributed by atoms with Crippen molar-refractivity contribution in [2.45, 2.75) is 45.2 Å². The third kappa shape index (κ3) is 4.51. The number of aliphatic hydroxyl groups is 1. The molecule has 1 saturated carbocycles. The van der Waals surface area contributed by atoms with Crippen molar-refractivity contribution in [2.75, 3.05) is 13.2 Å². The Bertz CT molecular complexity index is 381. The van der Waals surface area contributed by atoms with Crippen LogP contribution in [0.25, 0.3) is 0 Å². The lowest BCUT2D eigenvalue weighted by Gasteiger charge is -2.27. The number of hydrogen-bond donors (Lipinski definition) is 2. The molecule has 0 radical (unpaired) electrons. The second kappa shape index (κ2) is 7.51. The predicted molar refractivity (Wildman–Crippen MR) is 77.3 cm³/mol. The molecule has 1 aliphatic rings. The highest BCUT2D eigenvalue weighted by Gasteiger charge is 2.18. The van der Waals surface area contributed by atoms with E-state index >= 15 is 0 Å². The molecule has 3 nitrogen and oxygen atoms in total. The molecule has 2 unspecified atom stereocenters. The Labute approximate surface area is 116 Å². The van der Waals surface area contributed by atoms with Crippen LogP contribution < -0.4 is 10.1 Å². The lowest BCUT2D eigenvalue weighted by atomic mass is 9.87. The zero-order valence-corrected chi connectivity index (χ0v) is 11.8. The van der Waals surface area contributed by atoms with Gasteiger partial charge < -0.3 is 15.2 Å². The molecule has 0 amide bonds. The number of para-hydroxylation sites is 1. The van der Waals surface area contributed by atoms with E-state index in [2.05, 4.69) is 18.3 Å². The Morgan fingerprint density at radius 1 is 1.32 bits per heavy atom. The van der Waals surface area contributed by atoms with E-state index in [4.69, 9.17) is 9.84 Å². The summed E-state index contributed by atoms with van der Waals surface area (Å²) in [5.74, 6) is 1.72. The average Bonchev–Trinajstić information content (AvgIpc) is 2.44. The van der Waals surface area contributed by atoms with Gasteiger partial charge >= 0.3 is 0 Å². The van der Waals surface area contributed by atoms with Crippen LogP contribution in [0.4, 0.5) is 0 Å². The molecule has 106 valence electrons. The summed E-state index contributed by atoms with van der Waals surface area (Å²) in [5.41, 5.74) is 1.18. The van der Waals surface area contributed by atoms with Gasteiger partial charge in [0.05, 0.1) is 6.61 Å². The second-order valence-electron chi connectivity index (χ2n) is 5.53. The molecule has 3 heteroatoms. The standard InChI is InChI=1S/C16H25NO2/c1-13-5-4-7-15(11-13)17-12-14-6-2-3-8-16(14)19-10-9-18/h2-3,6,8,13,15,17-18H,4-5,7,9-12H2,1H3. The summed E-state index contributed by atoms with van der Waals surface area (Å²) in [6, 6.07) is 8.70. The van der Waals surface area contributed by atoms with Crippen LogP contribution >= 0.6 is 0 Å². The molecule has 1 aliphatic carbocycles. The number of benzene rings is 1. The molecule has 1 fully saturated rings. The molecule has 19 heavy (non-hydrogen) atoms. The van der Waals surface area contributed by atoms with Gasteiger partial charge in [-0.1, -0.05) is 38.0 Å². The summed E-state index contributed by atoms with van der Waals surface area (Å²) < 4.78 is 5.56. The topological polar surface area (TPSA) is 41.5 Å². The molecule has 0 aliphatic heterocycles. The molecule has 1 aromatic rings. The summed E-state index contributed by atoms with van der Waals surface area (Å²) in [6.45, 7) is 3.60. The summed E-state index contributed by atoms with van der Waals surface area (Å²) in [7, 11) is 0. The molecule has 0 spiro atoms. The Hall–Kier alpha value is -1.06. The molecule has 0 heterocycles. The predicted octanol–water partition coefficient (Wildman–Crippen LogP) is 2.73. The molecule has 2 N–H and O–H groups in total. The van der Waals surface area contributed by atoms with Crippen LogP contribution in [0.2, 0.25) is 0 Å². The van der Waals surface area contributed by atoms with E-state index in [0.29, 0.717) is 12.6 Å². The normalized spacial score (nSPS) is 23.3. The minimum absolute atomic E-state index is 0.0574. The fraction of sp³-hybridized carbons (Fsp3) is 0.625. The van der Waals surface area contributed by atoms with Crippen molar-refractivity contribution in [1.29, 1.82) is 0 Å². The monoisotopic (exact) mass is 263 g/mol. The number of aliphatic hydroxyl groups excluding tert-OH is 1. The minimum Gasteiger partial charge on any atom is -0.491 e. The quantitative estimate of drug-likeness (QED) is 0.829. The van der Waals surface area contributed by atoms with Crippen molar-refractivity contribution in [2.24, 2.45) is 5.92 Å². The lowest BCUT2D eigenvalue weighted by molar-refractivity contribution is 0.199. The average molecular weight is 263 g/mol. The van der Waals surface area contributed by atoms with Gasteiger partial charge in [0.1, 0.15) is 12.4 Å². The smallest absolute Gasteiger partial charge is 0.123 e. The Morgan fingerprint density at radius 3 is 2.95 bits per heavy atom. The van der Waals surface area contributed by atoms with Crippen molar-refractivity contribution in [1.82, 2.24) is 5.32 Å². The first kappa shape index (κ1) is 14.4. The maximum absolute atomic E-state index is 8.84. The molecule has 2 atom stereocenters. The maximum atomic E-state index is 8.84. The van der Waals surface area contributed by atoms with Crippen molar-refractivity contribution in [3.8, 4) is 5.75 Å². The van der Waals surface area contributed by atoms with Gasteiger partial charge in [0.15, 0.2) is 0 Å². The van der Waals surface area contributed by atoms with Crippen LogP contribution in [-0.4, -0.2) is 24.4 Å². The van der Waals surface area contributed by atoms with E-state index in [1.165, 1.54) is 31.2 Å². The molecule has 0 aromatic heterocycles. The fourth-order valence-electron chi connectivity index (χ4n) is 2.82. The van der Waals surface area contributed by atoms with Crippen molar-refractivity contribution >= 4 is 0 Å². The molecule has 0 saturated heterocycles. The van der Waals surface area contributed by atoms with E-state index in [-0.39, 0.29) is 6.61 Å². The van der Waals surface area contributed by atoms with Crippen LogP contribution in [0.1, 0.15) is 38.2 Å². The fourth-order valence-corrected chi connectivity index (χ4v) is 2.82. The molecule has 2 rings (SSSR count). The van der Waals surface area contributed by atoms with Crippen molar-refractivity contribution in [3.05, 3.63) is 29.8 Å². The number of nitrogens with one attached hydrogen (secondary N) is 1. The SMILES string of the molecule is CC1CCCC(NCc2ccccc2OCCO)C1. The van der Waals surface area contributed by atoms with Gasteiger partial charge in [-0.05, 0) is 24.8 Å². The van der Waals surface area contributed by atoms with Gasteiger partial charge in [-0.15, -0.1) is 0 Å². The zero-order chi connectivity index (χ0) is 13.5. The zero-order valence-electron chi connectivity index (χ0n) is 11.8. The lowest BCUT2D eigenvalue weighted by Crippen LogP contribution is -2.33. The van der Waals surface area contributed by atoms with Gasteiger partial charge in [-0.2, -0.15) is 0 Å². The van der Waals surface area contributed by atoms with E-state index in [1.54, 1.807) is 0 Å². The Kier molecular flexibility index (Phi) is 5.67. The van der Waals surface area contributed by atoms with E-state index in [1.807, 2.05) is 18.2 Å². The van der Waals surface area contributed by atoms with Gasteiger partial charge in [-0.3, -0.25) is 0 Å². The van der Waals surface area contributed by atoms with Gasteiger partial charge in [0.2, 0.25) is 0 Å². The van der Waals surface area contributed by atoms with Crippen LogP contribution in [0.3, 0.4) is 0 Å². The maximum Gasteiger partial charge on any atom is 0.123 e. The highest BCUT2D eigenvalue weighted by molar-refractivity contribution is 5.33. The molecule has 1 aromatic carbocycles. The highest BCUT2D eigenvalue weighted by atomic mass is 16.5. The first-order valence-corrected chi connectivity index (χ1v) is 7.34. The van der Waals surface area contributed by atoms with Crippen molar-refractivity contribution < 1.29 is 9.84 Å². The highest BCUT2D eigenvalue weighted by Crippen LogP contribution is 2.24. The largest absolute Gasteiger partial charge is 0.491 e. The van der Waals surface area contributed by atoms with Gasteiger partial charge in [-0.25, -0.2) is 0 Å². The first-order valence-electron chi connectivity index (χ1n) is 7.34. The van der Waals surface area contributed by atoms with Crippen molar-refractivity contribution in [3.63, 3.8) is 0 Å². The Morgan fingerprint density at radius 2 is 2.16 bits per heavy atom. The third-order valence-electron chi connectivity index (χ3n) is 3.84. The summed E-state index contributed by atoms with van der Waals surface area (Å²) in [4.78, 5) is 0. The Balaban J connectivity index is 1.87. The van der Waals surface area contributed by atoms with E-state index in [0.717, 1.165) is 18.2 Å². The van der Waals surface area contributed by atoms with E-state index < -0.39 is 0 Å². The van der Waals surface area contributed by atoms with E-state index in [9.17, 15) is 0 Å². The number of ether oxygens (including phenoxy) is 1. The molecule has 0 bridgehead atoms. The van der Waals surface area contributed by atoms with Crippen LogP contribution in [0.5, 0.6) is 5.75 Å². The molecular formula is C16H25NO2. The third-order valence-corrected chi connectivity index (χ3v) is 3.84. The number of rotatable bonds is 6. The van der Waals surface area contributed by atoms with Gasteiger partial charge in [0.25, 0.3) is 0 Å². The van der Waals surface area contributed by atoms with Gasteiger partial charge in [0, 0.05) is 18.2 Å². The summed E-state index contributed by atoms with van der Waals surface area (Å²) >= 11 is 0.